The maximum Gasteiger partial charge on any atom is 0.134 e. The second kappa shape index (κ2) is 4.07. The molecule has 1 aliphatic heterocycles. The predicted molar refractivity (Wildman–Crippen MR) is 55.0 cm³/mol. The van der Waals surface area contributed by atoms with E-state index in [-0.39, 0.29) is 11.9 Å². The summed E-state index contributed by atoms with van der Waals surface area (Å²) in [7, 11) is 0. The van der Waals surface area contributed by atoms with Gasteiger partial charge in [0.1, 0.15) is 17.6 Å². The van der Waals surface area contributed by atoms with Crippen LogP contribution in [0.4, 0.5) is 0 Å². The van der Waals surface area contributed by atoms with Gasteiger partial charge in [0.2, 0.25) is 0 Å². The van der Waals surface area contributed by atoms with E-state index < -0.39 is 0 Å². The SMILES string of the molecule is Oc1ccc(OC2CCNC2)cc1Cl. The number of hydrogen-bond donors (Lipinski definition) is 2. The average Bonchev–Trinajstić information content (AvgIpc) is 2.64. The van der Waals surface area contributed by atoms with Gasteiger partial charge in [-0.15, -0.1) is 0 Å². The molecule has 1 aromatic rings. The molecule has 1 aliphatic rings. The summed E-state index contributed by atoms with van der Waals surface area (Å²) in [5, 5.41) is 12.7. The van der Waals surface area contributed by atoms with Crippen molar-refractivity contribution in [2.75, 3.05) is 13.1 Å². The Hall–Kier alpha value is -0.930. The van der Waals surface area contributed by atoms with E-state index >= 15 is 0 Å². The number of nitrogens with one attached hydrogen (secondary N) is 1. The molecule has 1 heterocycles. The number of benzene rings is 1. The van der Waals surface area contributed by atoms with Crippen molar-refractivity contribution in [3.8, 4) is 11.5 Å². The summed E-state index contributed by atoms with van der Waals surface area (Å²) in [4.78, 5) is 0. The van der Waals surface area contributed by atoms with Crippen LogP contribution in [0.25, 0.3) is 0 Å². The molecule has 1 fully saturated rings. The lowest BCUT2D eigenvalue weighted by Gasteiger charge is -2.12. The van der Waals surface area contributed by atoms with E-state index in [1.165, 1.54) is 0 Å². The Morgan fingerprint density at radius 1 is 1.50 bits per heavy atom. The highest BCUT2D eigenvalue weighted by Gasteiger charge is 2.16. The molecule has 76 valence electrons. The molecule has 0 aliphatic carbocycles. The van der Waals surface area contributed by atoms with Crippen molar-refractivity contribution in [2.45, 2.75) is 12.5 Å². The molecule has 1 unspecified atom stereocenters. The molecule has 4 heteroatoms. The zero-order valence-corrected chi connectivity index (χ0v) is 8.42. The van der Waals surface area contributed by atoms with Crippen molar-refractivity contribution in [2.24, 2.45) is 0 Å². The van der Waals surface area contributed by atoms with Gasteiger partial charge in [-0.1, -0.05) is 11.6 Å². The average molecular weight is 214 g/mol. The van der Waals surface area contributed by atoms with Gasteiger partial charge in [-0.2, -0.15) is 0 Å². The third-order valence-corrected chi connectivity index (χ3v) is 2.54. The van der Waals surface area contributed by atoms with Crippen LogP contribution in [0.3, 0.4) is 0 Å². The summed E-state index contributed by atoms with van der Waals surface area (Å²) < 4.78 is 5.65. The molecule has 0 saturated carbocycles. The maximum atomic E-state index is 9.20. The lowest BCUT2D eigenvalue weighted by molar-refractivity contribution is 0.223. The molecule has 1 aromatic carbocycles. The van der Waals surface area contributed by atoms with Crippen LogP contribution in [-0.2, 0) is 0 Å². The van der Waals surface area contributed by atoms with Crippen molar-refractivity contribution >= 4 is 11.6 Å². The molecule has 0 radical (unpaired) electrons. The van der Waals surface area contributed by atoms with Crippen LogP contribution in [0, 0.1) is 0 Å². The van der Waals surface area contributed by atoms with E-state index in [0.29, 0.717) is 10.8 Å². The Balaban J connectivity index is 2.05. The summed E-state index contributed by atoms with van der Waals surface area (Å²) >= 11 is 5.75. The molecule has 3 nitrogen and oxygen atoms in total. The largest absolute Gasteiger partial charge is 0.506 e. The first-order chi connectivity index (χ1) is 6.75. The van der Waals surface area contributed by atoms with E-state index in [0.717, 1.165) is 19.5 Å². The molecule has 1 atom stereocenters. The van der Waals surface area contributed by atoms with Gasteiger partial charge in [-0.25, -0.2) is 0 Å². The monoisotopic (exact) mass is 213 g/mol. The number of halogens is 1. The zero-order chi connectivity index (χ0) is 9.97. The minimum Gasteiger partial charge on any atom is -0.506 e. The Bertz CT molecular complexity index is 324. The predicted octanol–water partition coefficient (Wildman–Crippen LogP) is 1.79. The Kier molecular flexibility index (Phi) is 2.79. The molecule has 0 aromatic heterocycles. The normalized spacial score (nSPS) is 21.1. The van der Waals surface area contributed by atoms with E-state index in [9.17, 15) is 5.11 Å². The molecule has 0 bridgehead atoms. The third-order valence-electron chi connectivity index (χ3n) is 2.24. The molecule has 0 spiro atoms. The first-order valence-electron chi connectivity index (χ1n) is 4.61. The Morgan fingerprint density at radius 2 is 2.36 bits per heavy atom. The van der Waals surface area contributed by atoms with Gasteiger partial charge in [-0.3, -0.25) is 0 Å². The van der Waals surface area contributed by atoms with Gasteiger partial charge in [0.05, 0.1) is 5.02 Å². The quantitative estimate of drug-likeness (QED) is 0.787. The highest BCUT2D eigenvalue weighted by Crippen LogP contribution is 2.28. The minimum absolute atomic E-state index is 0.0866. The number of hydrogen-bond acceptors (Lipinski definition) is 3. The number of rotatable bonds is 2. The number of phenolic OH excluding ortho intramolecular Hbond substituents is 1. The van der Waals surface area contributed by atoms with Gasteiger partial charge in [-0.05, 0) is 25.1 Å². The molecular weight excluding hydrogens is 202 g/mol. The molecule has 2 rings (SSSR count). The topological polar surface area (TPSA) is 41.5 Å². The smallest absolute Gasteiger partial charge is 0.134 e. The van der Waals surface area contributed by atoms with Gasteiger partial charge in [0, 0.05) is 12.6 Å². The van der Waals surface area contributed by atoms with Crippen LogP contribution >= 0.6 is 11.6 Å². The van der Waals surface area contributed by atoms with E-state index in [4.69, 9.17) is 16.3 Å². The summed E-state index contributed by atoms with van der Waals surface area (Å²) in [6.07, 6.45) is 1.23. The zero-order valence-electron chi connectivity index (χ0n) is 7.66. The standard InChI is InChI=1S/C10H12ClNO2/c11-9-5-7(1-2-10(9)13)14-8-3-4-12-6-8/h1-2,5,8,12-13H,3-4,6H2. The summed E-state index contributed by atoms with van der Waals surface area (Å²) in [5.41, 5.74) is 0. The van der Waals surface area contributed by atoms with Crippen molar-refractivity contribution in [3.63, 3.8) is 0 Å². The van der Waals surface area contributed by atoms with E-state index in [2.05, 4.69) is 5.32 Å². The lowest BCUT2D eigenvalue weighted by atomic mass is 10.3. The van der Waals surface area contributed by atoms with E-state index in [1.54, 1.807) is 18.2 Å². The fraction of sp³-hybridized carbons (Fsp3) is 0.400. The van der Waals surface area contributed by atoms with Crippen LogP contribution in [0.1, 0.15) is 6.42 Å². The van der Waals surface area contributed by atoms with Crippen LogP contribution in [0.2, 0.25) is 5.02 Å². The molecule has 2 N–H and O–H groups in total. The highest BCUT2D eigenvalue weighted by molar-refractivity contribution is 6.32. The van der Waals surface area contributed by atoms with Crippen molar-refractivity contribution < 1.29 is 9.84 Å². The van der Waals surface area contributed by atoms with Crippen LogP contribution in [-0.4, -0.2) is 24.3 Å². The van der Waals surface area contributed by atoms with Crippen molar-refractivity contribution in [3.05, 3.63) is 23.2 Å². The van der Waals surface area contributed by atoms with Crippen LogP contribution in [0.5, 0.6) is 11.5 Å². The van der Waals surface area contributed by atoms with E-state index in [1.807, 2.05) is 0 Å². The van der Waals surface area contributed by atoms with Gasteiger partial charge in [0.25, 0.3) is 0 Å². The third kappa shape index (κ3) is 2.11. The lowest BCUT2D eigenvalue weighted by Crippen LogP contribution is -2.19. The maximum absolute atomic E-state index is 9.20. The molecule has 0 amide bonds. The van der Waals surface area contributed by atoms with Gasteiger partial charge in [0.15, 0.2) is 0 Å². The first-order valence-corrected chi connectivity index (χ1v) is 4.99. The van der Waals surface area contributed by atoms with Gasteiger partial charge >= 0.3 is 0 Å². The Morgan fingerprint density at radius 3 is 3.00 bits per heavy atom. The summed E-state index contributed by atoms with van der Waals surface area (Å²) in [6, 6.07) is 4.90. The second-order valence-corrected chi connectivity index (χ2v) is 3.75. The van der Waals surface area contributed by atoms with Crippen molar-refractivity contribution in [1.82, 2.24) is 5.32 Å². The number of ether oxygens (including phenoxy) is 1. The first kappa shape index (κ1) is 9.62. The highest BCUT2D eigenvalue weighted by atomic mass is 35.5. The second-order valence-electron chi connectivity index (χ2n) is 3.35. The van der Waals surface area contributed by atoms with Crippen molar-refractivity contribution in [1.29, 1.82) is 0 Å². The fourth-order valence-electron chi connectivity index (χ4n) is 1.48. The summed E-state index contributed by atoms with van der Waals surface area (Å²) in [6.45, 7) is 1.87. The molecule has 1 saturated heterocycles. The van der Waals surface area contributed by atoms with Crippen LogP contribution in [0.15, 0.2) is 18.2 Å². The fourth-order valence-corrected chi connectivity index (χ4v) is 1.65. The van der Waals surface area contributed by atoms with Gasteiger partial charge < -0.3 is 15.2 Å². The molecule has 14 heavy (non-hydrogen) atoms. The minimum atomic E-state index is 0.0866. The Labute approximate surface area is 87.6 Å². The summed E-state index contributed by atoms with van der Waals surface area (Å²) in [5.74, 6) is 0.796. The number of aromatic hydroxyl groups is 1. The number of phenols is 1. The van der Waals surface area contributed by atoms with Crippen LogP contribution < -0.4 is 10.1 Å². The molecular formula is C10H12ClNO2.